The number of hydrogen-bond donors (Lipinski definition) is 2. The van der Waals surface area contributed by atoms with Gasteiger partial charge in [-0.2, -0.15) is 5.10 Å². The zero-order valence-corrected chi connectivity index (χ0v) is 14.4. The van der Waals surface area contributed by atoms with E-state index in [2.05, 4.69) is 10.4 Å². The first-order valence-electron chi connectivity index (χ1n) is 7.86. The van der Waals surface area contributed by atoms with Crippen LogP contribution in [0, 0.1) is 0 Å². The van der Waals surface area contributed by atoms with Gasteiger partial charge in [0.05, 0.1) is 0 Å². The van der Waals surface area contributed by atoms with E-state index < -0.39 is 11.4 Å². The van der Waals surface area contributed by atoms with Gasteiger partial charge in [-0.15, -0.1) is 0 Å². The van der Waals surface area contributed by atoms with Crippen molar-refractivity contribution in [3.05, 3.63) is 53.3 Å². The zero-order chi connectivity index (χ0) is 17.9. The molecule has 6 heteroatoms. The number of carboxylic acid groups (broad SMARTS) is 1. The van der Waals surface area contributed by atoms with Crippen molar-refractivity contribution in [1.29, 1.82) is 0 Å². The first-order valence-corrected chi connectivity index (χ1v) is 7.86. The van der Waals surface area contributed by atoms with Gasteiger partial charge in [-0.1, -0.05) is 44.2 Å². The molecule has 0 bridgehead atoms. The normalized spacial score (nSPS) is 13.5. The number of amides is 1. The summed E-state index contributed by atoms with van der Waals surface area (Å²) >= 11 is 0. The summed E-state index contributed by atoms with van der Waals surface area (Å²) in [7, 11) is 1.79. The molecule has 0 radical (unpaired) electrons. The molecule has 0 aliphatic carbocycles. The third kappa shape index (κ3) is 3.48. The number of rotatable bonds is 6. The van der Waals surface area contributed by atoms with Crippen molar-refractivity contribution in [2.45, 2.75) is 32.1 Å². The lowest BCUT2D eigenvalue weighted by molar-refractivity contribution is -0.142. The van der Waals surface area contributed by atoms with Crippen LogP contribution < -0.4 is 5.32 Å². The number of nitrogens with zero attached hydrogens (tertiary/aromatic N) is 2. The van der Waals surface area contributed by atoms with Crippen LogP contribution in [-0.4, -0.2) is 33.3 Å². The molecule has 128 valence electrons. The van der Waals surface area contributed by atoms with Crippen molar-refractivity contribution >= 4 is 11.9 Å². The highest BCUT2D eigenvalue weighted by Gasteiger charge is 2.35. The van der Waals surface area contributed by atoms with Gasteiger partial charge in [-0.3, -0.25) is 14.3 Å². The Hall–Kier alpha value is -2.63. The van der Waals surface area contributed by atoms with Crippen molar-refractivity contribution in [3.8, 4) is 0 Å². The Bertz CT molecular complexity index is 737. The molecule has 1 unspecified atom stereocenters. The number of carbonyl (C=O) groups is 2. The average molecular weight is 329 g/mol. The Labute approximate surface area is 141 Å². The molecule has 1 amide bonds. The standard InChI is InChI=1S/C18H23N3O3/c1-12(2)15-10-14(20-21(15)4)16(22)19-11-18(3,17(23)24)13-8-6-5-7-9-13/h5-10,12H,11H2,1-4H3,(H,19,22)(H,23,24). The fraction of sp³-hybridized carbons (Fsp3) is 0.389. The smallest absolute Gasteiger partial charge is 0.315 e. The van der Waals surface area contributed by atoms with E-state index in [-0.39, 0.29) is 18.4 Å². The fourth-order valence-corrected chi connectivity index (χ4v) is 2.59. The largest absolute Gasteiger partial charge is 0.481 e. The van der Waals surface area contributed by atoms with E-state index in [9.17, 15) is 14.7 Å². The molecule has 0 saturated heterocycles. The highest BCUT2D eigenvalue weighted by atomic mass is 16.4. The van der Waals surface area contributed by atoms with E-state index in [1.54, 1.807) is 49.0 Å². The molecule has 0 aliphatic heterocycles. The summed E-state index contributed by atoms with van der Waals surface area (Å²) in [5.74, 6) is -1.11. The molecule has 0 saturated carbocycles. The van der Waals surface area contributed by atoms with Crippen LogP contribution in [0.4, 0.5) is 0 Å². The van der Waals surface area contributed by atoms with E-state index in [4.69, 9.17) is 0 Å². The molecule has 1 aromatic heterocycles. The Kier molecular flexibility index (Phi) is 5.07. The Morgan fingerprint density at radius 3 is 2.42 bits per heavy atom. The second-order valence-corrected chi connectivity index (χ2v) is 6.42. The van der Waals surface area contributed by atoms with Gasteiger partial charge in [0.2, 0.25) is 0 Å². The van der Waals surface area contributed by atoms with E-state index in [1.807, 2.05) is 19.9 Å². The predicted octanol–water partition coefficient (Wildman–Crippen LogP) is 2.32. The van der Waals surface area contributed by atoms with Gasteiger partial charge in [0, 0.05) is 19.3 Å². The molecule has 24 heavy (non-hydrogen) atoms. The maximum absolute atomic E-state index is 12.4. The number of hydrogen-bond acceptors (Lipinski definition) is 3. The highest BCUT2D eigenvalue weighted by molar-refractivity contribution is 5.93. The van der Waals surface area contributed by atoms with E-state index >= 15 is 0 Å². The van der Waals surface area contributed by atoms with Crippen LogP contribution in [0.15, 0.2) is 36.4 Å². The number of aryl methyl sites for hydroxylation is 1. The Morgan fingerprint density at radius 1 is 1.29 bits per heavy atom. The van der Waals surface area contributed by atoms with Gasteiger partial charge < -0.3 is 10.4 Å². The molecular weight excluding hydrogens is 306 g/mol. The molecular formula is C18H23N3O3. The van der Waals surface area contributed by atoms with E-state index in [1.165, 1.54) is 0 Å². The summed E-state index contributed by atoms with van der Waals surface area (Å²) in [6.07, 6.45) is 0. The van der Waals surface area contributed by atoms with E-state index in [0.717, 1.165) is 5.69 Å². The van der Waals surface area contributed by atoms with Gasteiger partial charge in [0.15, 0.2) is 0 Å². The first-order chi connectivity index (χ1) is 11.3. The number of benzene rings is 1. The summed E-state index contributed by atoms with van der Waals surface area (Å²) in [6, 6.07) is 10.6. The van der Waals surface area contributed by atoms with Crippen molar-refractivity contribution < 1.29 is 14.7 Å². The molecule has 0 spiro atoms. The SMILES string of the molecule is CC(C)c1cc(C(=O)NCC(C)(C(=O)O)c2ccccc2)nn1C. The molecule has 2 aromatic rings. The van der Waals surface area contributed by atoms with Crippen LogP contribution in [0.25, 0.3) is 0 Å². The van der Waals surface area contributed by atoms with Crippen LogP contribution >= 0.6 is 0 Å². The molecule has 0 fully saturated rings. The summed E-state index contributed by atoms with van der Waals surface area (Å²) in [6.45, 7) is 5.63. The topological polar surface area (TPSA) is 84.2 Å². The van der Waals surface area contributed by atoms with Crippen LogP contribution in [0.1, 0.15) is 48.4 Å². The van der Waals surface area contributed by atoms with Crippen LogP contribution in [0.3, 0.4) is 0 Å². The third-order valence-electron chi connectivity index (χ3n) is 4.23. The predicted molar refractivity (Wildman–Crippen MR) is 91.1 cm³/mol. The molecule has 1 aromatic carbocycles. The average Bonchev–Trinajstić information content (AvgIpc) is 2.95. The molecule has 2 rings (SSSR count). The Balaban J connectivity index is 2.17. The first kappa shape index (κ1) is 17.7. The van der Waals surface area contributed by atoms with Crippen molar-refractivity contribution in [2.24, 2.45) is 7.05 Å². The van der Waals surface area contributed by atoms with E-state index in [0.29, 0.717) is 11.3 Å². The lowest BCUT2D eigenvalue weighted by Crippen LogP contribution is -2.44. The summed E-state index contributed by atoms with van der Waals surface area (Å²) in [4.78, 5) is 24.1. The van der Waals surface area contributed by atoms with Gasteiger partial charge in [-0.05, 0) is 24.5 Å². The second kappa shape index (κ2) is 6.86. The van der Waals surface area contributed by atoms with Crippen LogP contribution in [0.2, 0.25) is 0 Å². The molecule has 0 aliphatic rings. The summed E-state index contributed by atoms with van der Waals surface area (Å²) in [5.41, 5.74) is 0.681. The lowest BCUT2D eigenvalue weighted by atomic mass is 9.82. The molecule has 1 atom stereocenters. The molecule has 1 heterocycles. The van der Waals surface area contributed by atoms with Crippen LogP contribution in [0.5, 0.6) is 0 Å². The number of nitrogens with one attached hydrogen (secondary N) is 1. The third-order valence-corrected chi connectivity index (χ3v) is 4.23. The minimum atomic E-state index is -1.20. The highest BCUT2D eigenvalue weighted by Crippen LogP contribution is 2.23. The van der Waals surface area contributed by atoms with Crippen molar-refractivity contribution in [3.63, 3.8) is 0 Å². The van der Waals surface area contributed by atoms with Gasteiger partial charge in [-0.25, -0.2) is 0 Å². The number of aromatic nitrogens is 2. The summed E-state index contributed by atoms with van der Waals surface area (Å²) in [5, 5.41) is 16.5. The quantitative estimate of drug-likeness (QED) is 0.852. The van der Waals surface area contributed by atoms with Gasteiger partial charge in [0.25, 0.3) is 5.91 Å². The van der Waals surface area contributed by atoms with Crippen molar-refractivity contribution in [1.82, 2.24) is 15.1 Å². The summed E-state index contributed by atoms with van der Waals surface area (Å²) < 4.78 is 1.67. The van der Waals surface area contributed by atoms with Crippen LogP contribution in [-0.2, 0) is 17.3 Å². The second-order valence-electron chi connectivity index (χ2n) is 6.42. The monoisotopic (exact) mass is 329 g/mol. The number of aliphatic carboxylic acids is 1. The minimum Gasteiger partial charge on any atom is -0.481 e. The number of carbonyl (C=O) groups excluding carboxylic acids is 1. The Morgan fingerprint density at radius 2 is 1.92 bits per heavy atom. The van der Waals surface area contributed by atoms with Gasteiger partial charge in [0.1, 0.15) is 11.1 Å². The fourth-order valence-electron chi connectivity index (χ4n) is 2.59. The van der Waals surface area contributed by atoms with Crippen molar-refractivity contribution in [2.75, 3.05) is 6.54 Å². The maximum Gasteiger partial charge on any atom is 0.315 e. The molecule has 2 N–H and O–H groups in total. The minimum absolute atomic E-state index is 0.0151. The number of carboxylic acids is 1. The maximum atomic E-state index is 12.4. The zero-order valence-electron chi connectivity index (χ0n) is 14.4. The molecule has 6 nitrogen and oxygen atoms in total. The lowest BCUT2D eigenvalue weighted by Gasteiger charge is -2.25. The van der Waals surface area contributed by atoms with Gasteiger partial charge >= 0.3 is 5.97 Å².